The fourth-order valence-electron chi connectivity index (χ4n) is 3.73. The van der Waals surface area contributed by atoms with Crippen molar-refractivity contribution in [3.8, 4) is 0 Å². The van der Waals surface area contributed by atoms with Crippen molar-refractivity contribution < 1.29 is 4.79 Å². The number of amides is 2. The van der Waals surface area contributed by atoms with Crippen molar-refractivity contribution in [2.45, 2.75) is 58.0 Å². The summed E-state index contributed by atoms with van der Waals surface area (Å²) < 4.78 is 2.14. The van der Waals surface area contributed by atoms with Crippen LogP contribution in [0.2, 0.25) is 0 Å². The van der Waals surface area contributed by atoms with Crippen LogP contribution >= 0.6 is 0 Å². The zero-order valence-electron chi connectivity index (χ0n) is 15.7. The number of rotatable bonds is 7. The average Bonchev–Trinajstić information content (AvgIpc) is 3.10. The number of hydrogen-bond acceptors (Lipinski definition) is 2. The van der Waals surface area contributed by atoms with Gasteiger partial charge in [0, 0.05) is 37.9 Å². The van der Waals surface area contributed by atoms with E-state index in [2.05, 4.69) is 39.2 Å². The summed E-state index contributed by atoms with van der Waals surface area (Å²) >= 11 is 0. The van der Waals surface area contributed by atoms with Crippen LogP contribution in [0.1, 0.15) is 50.4 Å². The summed E-state index contributed by atoms with van der Waals surface area (Å²) in [4.78, 5) is 16.6. The van der Waals surface area contributed by atoms with Crippen LogP contribution in [-0.4, -0.2) is 28.2 Å². The summed E-state index contributed by atoms with van der Waals surface area (Å²) in [5.41, 5.74) is 1.25. The van der Waals surface area contributed by atoms with Gasteiger partial charge in [0.15, 0.2) is 0 Å². The van der Waals surface area contributed by atoms with E-state index in [1.165, 1.54) is 24.8 Å². The molecule has 2 N–H and O–H groups in total. The first kappa shape index (κ1) is 18.5. The van der Waals surface area contributed by atoms with Crippen LogP contribution in [0.25, 0.3) is 0 Å². The lowest BCUT2D eigenvalue weighted by Gasteiger charge is -2.28. The summed E-state index contributed by atoms with van der Waals surface area (Å²) in [5, 5.41) is 6.10. The molecule has 2 amide bonds. The van der Waals surface area contributed by atoms with Gasteiger partial charge in [0.1, 0.15) is 5.82 Å². The molecule has 0 spiro atoms. The van der Waals surface area contributed by atoms with Crippen molar-refractivity contribution in [1.29, 1.82) is 0 Å². The molecule has 2 aromatic rings. The zero-order chi connectivity index (χ0) is 18.2. The van der Waals surface area contributed by atoms with E-state index in [1.54, 1.807) is 0 Å². The van der Waals surface area contributed by atoms with E-state index in [9.17, 15) is 4.79 Å². The van der Waals surface area contributed by atoms with Crippen LogP contribution in [0.3, 0.4) is 0 Å². The number of carbonyl (C=O) groups excluding carboxylic acids is 1. The molecular weight excluding hydrogens is 324 g/mol. The first-order valence-corrected chi connectivity index (χ1v) is 9.83. The second kappa shape index (κ2) is 9.41. The van der Waals surface area contributed by atoms with E-state index in [4.69, 9.17) is 0 Å². The van der Waals surface area contributed by atoms with Crippen molar-refractivity contribution in [1.82, 2.24) is 20.2 Å². The Balaban J connectivity index is 1.40. The highest BCUT2D eigenvalue weighted by Crippen LogP contribution is 2.26. The number of hydrogen-bond donors (Lipinski definition) is 2. The summed E-state index contributed by atoms with van der Waals surface area (Å²) in [6.45, 7) is 3.66. The molecule has 0 saturated heterocycles. The number of aromatic nitrogens is 2. The van der Waals surface area contributed by atoms with Gasteiger partial charge in [-0.3, -0.25) is 0 Å². The Hall–Kier alpha value is -2.30. The molecule has 0 unspecified atom stereocenters. The molecule has 1 aliphatic carbocycles. The van der Waals surface area contributed by atoms with Crippen LogP contribution in [0.15, 0.2) is 42.7 Å². The molecule has 140 valence electrons. The average molecular weight is 354 g/mol. The van der Waals surface area contributed by atoms with Crippen LogP contribution in [0.5, 0.6) is 0 Å². The monoisotopic (exact) mass is 354 g/mol. The topological polar surface area (TPSA) is 59.0 Å². The molecule has 1 aromatic heterocycles. The van der Waals surface area contributed by atoms with E-state index >= 15 is 0 Å². The zero-order valence-corrected chi connectivity index (χ0v) is 15.7. The van der Waals surface area contributed by atoms with Gasteiger partial charge in [0.05, 0.1) is 0 Å². The van der Waals surface area contributed by atoms with Crippen LogP contribution in [0, 0.1) is 5.92 Å². The van der Waals surface area contributed by atoms with Crippen LogP contribution in [0.4, 0.5) is 4.79 Å². The van der Waals surface area contributed by atoms with Gasteiger partial charge in [-0.25, -0.2) is 9.78 Å². The second-order valence-corrected chi connectivity index (χ2v) is 7.23. The minimum atomic E-state index is -0.0499. The molecule has 1 aromatic carbocycles. The Labute approximate surface area is 156 Å². The lowest BCUT2D eigenvalue weighted by Crippen LogP contribution is -2.44. The SMILES string of the molecule is CCC1CCC(NC(=O)NCCc2nccn2Cc2ccccc2)CC1. The highest BCUT2D eigenvalue weighted by molar-refractivity contribution is 5.74. The van der Waals surface area contributed by atoms with Gasteiger partial charge in [-0.15, -0.1) is 0 Å². The molecule has 3 rings (SSSR count). The maximum Gasteiger partial charge on any atom is 0.315 e. The maximum absolute atomic E-state index is 12.1. The van der Waals surface area contributed by atoms with Crippen molar-refractivity contribution in [3.63, 3.8) is 0 Å². The lowest BCUT2D eigenvalue weighted by atomic mass is 9.85. The number of nitrogens with one attached hydrogen (secondary N) is 2. The largest absolute Gasteiger partial charge is 0.338 e. The molecule has 1 aliphatic rings. The van der Waals surface area contributed by atoms with Gasteiger partial charge in [0.25, 0.3) is 0 Å². The van der Waals surface area contributed by atoms with E-state index in [0.717, 1.165) is 37.5 Å². The fraction of sp³-hybridized carbons (Fsp3) is 0.524. The third kappa shape index (κ3) is 5.35. The number of urea groups is 1. The fourth-order valence-corrected chi connectivity index (χ4v) is 3.73. The summed E-state index contributed by atoms with van der Waals surface area (Å²) in [5.74, 6) is 1.84. The summed E-state index contributed by atoms with van der Waals surface area (Å²) in [6.07, 6.45) is 10.5. The van der Waals surface area contributed by atoms with E-state index in [0.29, 0.717) is 12.6 Å². The Morgan fingerprint density at radius 1 is 1.19 bits per heavy atom. The van der Waals surface area contributed by atoms with Gasteiger partial charge in [-0.1, -0.05) is 43.7 Å². The van der Waals surface area contributed by atoms with E-state index in [1.807, 2.05) is 30.6 Å². The predicted octanol–water partition coefficient (Wildman–Crippen LogP) is 3.74. The Kier molecular flexibility index (Phi) is 6.69. The molecule has 26 heavy (non-hydrogen) atoms. The number of imidazole rings is 1. The molecular formula is C21H30N4O. The normalized spacial score (nSPS) is 19.9. The molecule has 0 atom stereocenters. The molecule has 1 fully saturated rings. The van der Waals surface area contributed by atoms with E-state index < -0.39 is 0 Å². The van der Waals surface area contributed by atoms with Crippen molar-refractivity contribution in [2.75, 3.05) is 6.54 Å². The number of carbonyl (C=O) groups is 1. The molecule has 0 bridgehead atoms. The van der Waals surface area contributed by atoms with E-state index in [-0.39, 0.29) is 6.03 Å². The Morgan fingerprint density at radius 2 is 1.96 bits per heavy atom. The van der Waals surface area contributed by atoms with Crippen molar-refractivity contribution >= 4 is 6.03 Å². The summed E-state index contributed by atoms with van der Waals surface area (Å²) in [7, 11) is 0. The Bertz CT molecular complexity index is 674. The second-order valence-electron chi connectivity index (χ2n) is 7.23. The predicted molar refractivity (Wildman–Crippen MR) is 104 cm³/mol. The van der Waals surface area contributed by atoms with Gasteiger partial charge in [-0.2, -0.15) is 0 Å². The van der Waals surface area contributed by atoms with Gasteiger partial charge < -0.3 is 15.2 Å². The third-order valence-corrected chi connectivity index (χ3v) is 5.39. The minimum Gasteiger partial charge on any atom is -0.338 e. The number of nitrogens with zero attached hydrogens (tertiary/aromatic N) is 2. The molecule has 0 radical (unpaired) electrons. The van der Waals surface area contributed by atoms with Crippen molar-refractivity contribution in [2.24, 2.45) is 5.92 Å². The Morgan fingerprint density at radius 3 is 2.69 bits per heavy atom. The van der Waals surface area contributed by atoms with Crippen LogP contribution in [-0.2, 0) is 13.0 Å². The molecule has 5 nitrogen and oxygen atoms in total. The highest BCUT2D eigenvalue weighted by atomic mass is 16.2. The third-order valence-electron chi connectivity index (χ3n) is 5.39. The minimum absolute atomic E-state index is 0.0499. The highest BCUT2D eigenvalue weighted by Gasteiger charge is 2.21. The molecule has 0 aliphatic heterocycles. The quantitative estimate of drug-likeness (QED) is 0.796. The summed E-state index contributed by atoms with van der Waals surface area (Å²) in [6, 6.07) is 10.6. The number of benzene rings is 1. The smallest absolute Gasteiger partial charge is 0.315 e. The standard InChI is InChI=1S/C21H30N4O/c1-2-17-8-10-19(11-9-17)24-21(26)23-13-12-20-22-14-15-25(20)16-18-6-4-3-5-7-18/h3-7,14-15,17,19H,2,8-13,16H2,1H3,(H2,23,24,26). The molecule has 5 heteroatoms. The molecule has 1 heterocycles. The first-order chi connectivity index (χ1) is 12.7. The molecule has 1 saturated carbocycles. The van der Waals surface area contributed by atoms with Crippen LogP contribution < -0.4 is 10.6 Å². The first-order valence-electron chi connectivity index (χ1n) is 9.83. The lowest BCUT2D eigenvalue weighted by molar-refractivity contribution is 0.226. The van der Waals surface area contributed by atoms with Gasteiger partial charge >= 0.3 is 6.03 Å². The van der Waals surface area contributed by atoms with Gasteiger partial charge in [-0.05, 0) is 37.2 Å². The maximum atomic E-state index is 12.1. The van der Waals surface area contributed by atoms with Crippen molar-refractivity contribution in [3.05, 3.63) is 54.1 Å². The van der Waals surface area contributed by atoms with Gasteiger partial charge in [0.2, 0.25) is 0 Å².